The van der Waals surface area contributed by atoms with E-state index in [4.69, 9.17) is 17.3 Å². The minimum Gasteiger partial charge on any atom is -0.329 e. The Labute approximate surface area is 94.5 Å². The second-order valence-corrected chi connectivity index (χ2v) is 5.35. The first-order chi connectivity index (χ1) is 7.05. The van der Waals surface area contributed by atoms with Gasteiger partial charge in [0.25, 0.3) is 0 Å². The predicted molar refractivity (Wildman–Crippen MR) is 61.1 cm³/mol. The molecule has 0 heterocycles. The Kier molecular flexibility index (Phi) is 4.53. The second-order valence-electron chi connectivity index (χ2n) is 3.02. The van der Waals surface area contributed by atoms with E-state index in [-0.39, 0.29) is 18.8 Å². The highest BCUT2D eigenvalue weighted by Crippen LogP contribution is 2.14. The lowest BCUT2D eigenvalue weighted by Gasteiger charge is -2.06. The molecule has 84 valence electrons. The smallest absolute Gasteiger partial charge is 0.213 e. The van der Waals surface area contributed by atoms with Crippen molar-refractivity contribution >= 4 is 21.6 Å². The summed E-state index contributed by atoms with van der Waals surface area (Å²) in [5.74, 6) is -0.0720. The Hall–Kier alpha value is -0.620. The minimum atomic E-state index is -3.28. The van der Waals surface area contributed by atoms with Crippen molar-refractivity contribution in [1.82, 2.24) is 4.72 Å². The molecule has 0 spiro atoms. The van der Waals surface area contributed by atoms with E-state index in [0.29, 0.717) is 5.02 Å². The first kappa shape index (κ1) is 12.4. The number of nitrogens with one attached hydrogen (secondary N) is 1. The number of halogens is 1. The average molecular weight is 249 g/mol. The molecule has 0 atom stereocenters. The summed E-state index contributed by atoms with van der Waals surface area (Å²) < 4.78 is 25.0. The standard InChI is InChI=1S/C9H13ClN2O2S/c10-9-4-2-1-3-8(9)7-12-15(13,14)6-5-11/h1-4,12H,5-7,11H2. The maximum atomic E-state index is 11.3. The van der Waals surface area contributed by atoms with Gasteiger partial charge in [-0.3, -0.25) is 0 Å². The zero-order valence-electron chi connectivity index (χ0n) is 8.11. The van der Waals surface area contributed by atoms with E-state index in [0.717, 1.165) is 5.56 Å². The molecule has 4 nitrogen and oxygen atoms in total. The van der Waals surface area contributed by atoms with E-state index in [2.05, 4.69) is 4.72 Å². The van der Waals surface area contributed by atoms with Gasteiger partial charge in [-0.25, -0.2) is 13.1 Å². The molecule has 0 aliphatic rings. The average Bonchev–Trinajstić information content (AvgIpc) is 2.16. The third kappa shape index (κ3) is 4.17. The van der Waals surface area contributed by atoms with Crippen LogP contribution in [-0.4, -0.2) is 20.7 Å². The van der Waals surface area contributed by atoms with Crippen LogP contribution in [0.4, 0.5) is 0 Å². The van der Waals surface area contributed by atoms with Crippen molar-refractivity contribution in [3.63, 3.8) is 0 Å². The molecule has 15 heavy (non-hydrogen) atoms. The summed E-state index contributed by atoms with van der Waals surface area (Å²) >= 11 is 5.87. The molecule has 0 amide bonds. The van der Waals surface area contributed by atoms with Gasteiger partial charge in [-0.05, 0) is 11.6 Å². The number of sulfonamides is 1. The van der Waals surface area contributed by atoms with E-state index >= 15 is 0 Å². The molecular formula is C9H13ClN2O2S. The van der Waals surface area contributed by atoms with Gasteiger partial charge in [0.05, 0.1) is 5.75 Å². The molecule has 0 saturated heterocycles. The highest BCUT2D eigenvalue weighted by molar-refractivity contribution is 7.89. The minimum absolute atomic E-state index is 0.0720. The van der Waals surface area contributed by atoms with E-state index in [1.54, 1.807) is 24.3 Å². The Morgan fingerprint density at radius 2 is 2.00 bits per heavy atom. The van der Waals surface area contributed by atoms with Crippen LogP contribution in [0.5, 0.6) is 0 Å². The lowest BCUT2D eigenvalue weighted by Crippen LogP contribution is -2.29. The highest BCUT2D eigenvalue weighted by atomic mass is 35.5. The van der Waals surface area contributed by atoms with Crippen molar-refractivity contribution in [1.29, 1.82) is 0 Å². The van der Waals surface area contributed by atoms with Gasteiger partial charge in [-0.2, -0.15) is 0 Å². The van der Waals surface area contributed by atoms with Crippen molar-refractivity contribution in [2.45, 2.75) is 6.54 Å². The van der Waals surface area contributed by atoms with Crippen LogP contribution in [0.25, 0.3) is 0 Å². The van der Waals surface area contributed by atoms with Crippen molar-refractivity contribution < 1.29 is 8.42 Å². The maximum Gasteiger partial charge on any atom is 0.213 e. The summed E-state index contributed by atoms with van der Waals surface area (Å²) in [6.45, 7) is 0.305. The predicted octanol–water partition coefficient (Wildman–Crippen LogP) is 0.718. The molecule has 0 saturated carbocycles. The molecular weight excluding hydrogens is 236 g/mol. The van der Waals surface area contributed by atoms with Crippen LogP contribution in [0.3, 0.4) is 0 Å². The monoisotopic (exact) mass is 248 g/mol. The Morgan fingerprint density at radius 1 is 1.33 bits per heavy atom. The molecule has 0 aromatic heterocycles. The van der Waals surface area contributed by atoms with E-state index < -0.39 is 10.0 Å². The van der Waals surface area contributed by atoms with Crippen LogP contribution in [0.15, 0.2) is 24.3 Å². The molecule has 0 radical (unpaired) electrons. The molecule has 1 aromatic rings. The molecule has 3 N–H and O–H groups in total. The fraction of sp³-hybridized carbons (Fsp3) is 0.333. The Balaban J connectivity index is 2.62. The fourth-order valence-electron chi connectivity index (χ4n) is 1.06. The summed E-state index contributed by atoms with van der Waals surface area (Å²) in [5.41, 5.74) is 5.92. The van der Waals surface area contributed by atoms with Crippen molar-refractivity contribution in [2.75, 3.05) is 12.3 Å². The van der Waals surface area contributed by atoms with Gasteiger partial charge in [0.1, 0.15) is 0 Å². The Morgan fingerprint density at radius 3 is 2.60 bits per heavy atom. The molecule has 0 unspecified atom stereocenters. The molecule has 1 rings (SSSR count). The van der Waals surface area contributed by atoms with Crippen LogP contribution in [0.1, 0.15) is 5.56 Å². The normalized spacial score (nSPS) is 11.6. The van der Waals surface area contributed by atoms with Crippen LogP contribution in [0, 0.1) is 0 Å². The first-order valence-electron chi connectivity index (χ1n) is 4.46. The molecule has 0 fully saturated rings. The second kappa shape index (κ2) is 5.46. The molecule has 0 aliphatic heterocycles. The molecule has 6 heteroatoms. The van der Waals surface area contributed by atoms with Gasteiger partial charge in [0.15, 0.2) is 0 Å². The van der Waals surface area contributed by atoms with E-state index in [1.807, 2.05) is 0 Å². The summed E-state index contributed by atoms with van der Waals surface area (Å²) in [7, 11) is -3.28. The number of benzene rings is 1. The quantitative estimate of drug-likeness (QED) is 0.807. The topological polar surface area (TPSA) is 72.2 Å². The third-order valence-corrected chi connectivity index (χ3v) is 3.55. The lowest BCUT2D eigenvalue weighted by atomic mass is 10.2. The highest BCUT2D eigenvalue weighted by Gasteiger charge is 2.08. The largest absolute Gasteiger partial charge is 0.329 e. The number of rotatable bonds is 5. The third-order valence-electron chi connectivity index (χ3n) is 1.83. The van der Waals surface area contributed by atoms with E-state index in [9.17, 15) is 8.42 Å². The number of nitrogens with two attached hydrogens (primary N) is 1. The number of hydrogen-bond acceptors (Lipinski definition) is 3. The van der Waals surface area contributed by atoms with Gasteiger partial charge in [0, 0.05) is 18.1 Å². The summed E-state index contributed by atoms with van der Waals surface area (Å²) in [4.78, 5) is 0. The zero-order chi connectivity index (χ0) is 11.3. The molecule has 0 aliphatic carbocycles. The fourth-order valence-corrected chi connectivity index (χ4v) is 2.09. The first-order valence-corrected chi connectivity index (χ1v) is 6.49. The van der Waals surface area contributed by atoms with Crippen LogP contribution < -0.4 is 10.5 Å². The van der Waals surface area contributed by atoms with Crippen LogP contribution >= 0.6 is 11.6 Å². The van der Waals surface area contributed by atoms with Crippen molar-refractivity contribution in [3.8, 4) is 0 Å². The molecule has 1 aromatic carbocycles. The van der Waals surface area contributed by atoms with Gasteiger partial charge >= 0.3 is 0 Å². The van der Waals surface area contributed by atoms with Gasteiger partial charge in [-0.15, -0.1) is 0 Å². The molecule has 0 bridgehead atoms. The van der Waals surface area contributed by atoms with E-state index in [1.165, 1.54) is 0 Å². The number of hydrogen-bond donors (Lipinski definition) is 2. The zero-order valence-corrected chi connectivity index (χ0v) is 9.68. The van der Waals surface area contributed by atoms with Gasteiger partial charge < -0.3 is 5.73 Å². The van der Waals surface area contributed by atoms with Crippen LogP contribution in [-0.2, 0) is 16.6 Å². The Bertz CT molecular complexity index is 420. The SMILES string of the molecule is NCCS(=O)(=O)NCc1ccccc1Cl. The van der Waals surface area contributed by atoms with Crippen molar-refractivity contribution in [2.24, 2.45) is 5.73 Å². The van der Waals surface area contributed by atoms with Gasteiger partial charge in [0.2, 0.25) is 10.0 Å². The van der Waals surface area contributed by atoms with Crippen molar-refractivity contribution in [3.05, 3.63) is 34.9 Å². The summed E-state index contributed by atoms with van der Waals surface area (Å²) in [6.07, 6.45) is 0. The van der Waals surface area contributed by atoms with Gasteiger partial charge in [-0.1, -0.05) is 29.8 Å². The lowest BCUT2D eigenvalue weighted by molar-refractivity contribution is 0.581. The maximum absolute atomic E-state index is 11.3. The van der Waals surface area contributed by atoms with Crippen LogP contribution in [0.2, 0.25) is 5.02 Å². The summed E-state index contributed by atoms with van der Waals surface area (Å²) in [5, 5.41) is 0.549. The summed E-state index contributed by atoms with van der Waals surface area (Å²) in [6, 6.07) is 7.08.